The lowest BCUT2D eigenvalue weighted by molar-refractivity contribution is 0.555. The predicted molar refractivity (Wildman–Crippen MR) is 69.6 cm³/mol. The Hall–Kier alpha value is -0.750. The third-order valence-corrected chi connectivity index (χ3v) is 3.90. The average molecular weight is 256 g/mol. The maximum Gasteiger partial charge on any atom is 0.344 e. The third-order valence-electron chi connectivity index (χ3n) is 2.92. The van der Waals surface area contributed by atoms with Crippen LogP contribution in [0.25, 0.3) is 0 Å². The van der Waals surface area contributed by atoms with Gasteiger partial charge in [0.2, 0.25) is 0 Å². The first-order chi connectivity index (χ1) is 8.22. The fourth-order valence-electron chi connectivity index (χ4n) is 1.82. The number of H-pyrrole nitrogens is 1. The van der Waals surface area contributed by atoms with Crippen LogP contribution in [-0.2, 0) is 0 Å². The van der Waals surface area contributed by atoms with Crippen molar-refractivity contribution in [1.82, 2.24) is 20.1 Å². The minimum atomic E-state index is -0.0604. The summed E-state index contributed by atoms with van der Waals surface area (Å²) in [5, 5.41) is 10.9. The molecule has 0 aliphatic heterocycles. The van der Waals surface area contributed by atoms with Crippen molar-refractivity contribution < 1.29 is 0 Å². The van der Waals surface area contributed by atoms with Gasteiger partial charge in [0.1, 0.15) is 0 Å². The standard InChI is InChI=1S/C11H20N4OS/c1-3-12-8(2)6-7-17-11-14-13-10(16)15(11)9-4-5-9/h8-9,12H,3-7H2,1-2H3,(H,13,16). The van der Waals surface area contributed by atoms with Crippen molar-refractivity contribution in [3.8, 4) is 0 Å². The van der Waals surface area contributed by atoms with Crippen molar-refractivity contribution in [3.63, 3.8) is 0 Å². The molecule has 0 spiro atoms. The molecule has 1 aromatic heterocycles. The van der Waals surface area contributed by atoms with Gasteiger partial charge in [-0.05, 0) is 32.7 Å². The molecule has 0 amide bonds. The van der Waals surface area contributed by atoms with E-state index in [1.165, 1.54) is 0 Å². The highest BCUT2D eigenvalue weighted by molar-refractivity contribution is 7.99. The quantitative estimate of drug-likeness (QED) is 0.724. The van der Waals surface area contributed by atoms with Gasteiger partial charge in [-0.3, -0.25) is 4.57 Å². The fourth-order valence-corrected chi connectivity index (χ4v) is 2.96. The lowest BCUT2D eigenvalue weighted by Crippen LogP contribution is -2.26. The molecule has 6 heteroatoms. The van der Waals surface area contributed by atoms with E-state index in [0.29, 0.717) is 12.1 Å². The van der Waals surface area contributed by atoms with Gasteiger partial charge in [0.25, 0.3) is 0 Å². The highest BCUT2D eigenvalue weighted by Crippen LogP contribution is 2.36. The Bertz CT molecular complexity index is 410. The van der Waals surface area contributed by atoms with E-state index in [1.807, 2.05) is 4.57 Å². The summed E-state index contributed by atoms with van der Waals surface area (Å²) in [6.45, 7) is 5.30. The summed E-state index contributed by atoms with van der Waals surface area (Å²) < 4.78 is 1.81. The van der Waals surface area contributed by atoms with Crippen LogP contribution in [0.15, 0.2) is 9.95 Å². The summed E-state index contributed by atoms with van der Waals surface area (Å²) in [5.74, 6) is 0.991. The van der Waals surface area contributed by atoms with Crippen LogP contribution in [0.1, 0.15) is 39.2 Å². The van der Waals surface area contributed by atoms with E-state index < -0.39 is 0 Å². The Kier molecular flexibility index (Phi) is 4.28. The number of hydrogen-bond donors (Lipinski definition) is 2. The van der Waals surface area contributed by atoms with E-state index in [-0.39, 0.29) is 5.69 Å². The van der Waals surface area contributed by atoms with Crippen LogP contribution in [0.2, 0.25) is 0 Å². The first-order valence-corrected chi connectivity index (χ1v) is 7.24. The molecule has 2 N–H and O–H groups in total. The molecule has 96 valence electrons. The van der Waals surface area contributed by atoms with E-state index in [0.717, 1.165) is 36.7 Å². The molecule has 0 radical (unpaired) electrons. The second-order valence-corrected chi connectivity index (χ2v) is 5.57. The maximum atomic E-state index is 11.5. The summed E-state index contributed by atoms with van der Waals surface area (Å²) in [6, 6.07) is 0.919. The van der Waals surface area contributed by atoms with Crippen molar-refractivity contribution >= 4 is 11.8 Å². The zero-order chi connectivity index (χ0) is 12.3. The highest BCUT2D eigenvalue weighted by Gasteiger charge is 2.28. The molecule has 2 rings (SSSR count). The minimum absolute atomic E-state index is 0.0604. The molecule has 1 aliphatic rings. The lowest BCUT2D eigenvalue weighted by atomic mass is 10.3. The van der Waals surface area contributed by atoms with E-state index in [1.54, 1.807) is 11.8 Å². The first-order valence-electron chi connectivity index (χ1n) is 6.25. The molecule has 1 aliphatic carbocycles. The number of aromatic nitrogens is 3. The smallest absolute Gasteiger partial charge is 0.315 e. The summed E-state index contributed by atoms with van der Waals surface area (Å²) in [4.78, 5) is 11.5. The Morgan fingerprint density at radius 2 is 2.41 bits per heavy atom. The van der Waals surface area contributed by atoms with Gasteiger partial charge in [0, 0.05) is 17.8 Å². The second kappa shape index (κ2) is 5.73. The molecule has 1 unspecified atom stereocenters. The van der Waals surface area contributed by atoms with Gasteiger partial charge in [-0.1, -0.05) is 18.7 Å². The summed E-state index contributed by atoms with van der Waals surface area (Å²) in [7, 11) is 0. The van der Waals surface area contributed by atoms with Gasteiger partial charge in [-0.2, -0.15) is 0 Å². The normalized spacial score (nSPS) is 17.3. The number of rotatable bonds is 7. The predicted octanol–water partition coefficient (Wildman–Crippen LogP) is 1.39. The molecular weight excluding hydrogens is 236 g/mol. The van der Waals surface area contributed by atoms with Gasteiger partial charge in [0.15, 0.2) is 5.16 Å². The monoisotopic (exact) mass is 256 g/mol. The first kappa shape index (κ1) is 12.7. The Labute approximate surface area is 105 Å². The molecular formula is C11H20N4OS. The summed E-state index contributed by atoms with van der Waals surface area (Å²) in [6.07, 6.45) is 3.31. The van der Waals surface area contributed by atoms with Crippen molar-refractivity contribution in [2.75, 3.05) is 12.3 Å². The Morgan fingerprint density at radius 1 is 1.65 bits per heavy atom. The third kappa shape index (κ3) is 3.35. The second-order valence-electron chi connectivity index (χ2n) is 4.51. The van der Waals surface area contributed by atoms with Gasteiger partial charge in [-0.25, -0.2) is 9.89 Å². The zero-order valence-electron chi connectivity index (χ0n) is 10.4. The largest absolute Gasteiger partial charge is 0.344 e. The molecule has 1 saturated carbocycles. The Balaban J connectivity index is 1.84. The van der Waals surface area contributed by atoms with Gasteiger partial charge in [0.05, 0.1) is 0 Å². The number of thioether (sulfide) groups is 1. The van der Waals surface area contributed by atoms with Crippen molar-refractivity contribution in [2.45, 2.75) is 50.4 Å². The minimum Gasteiger partial charge on any atom is -0.315 e. The molecule has 1 fully saturated rings. The molecule has 1 aromatic rings. The summed E-state index contributed by atoms with van der Waals surface area (Å²) in [5.41, 5.74) is -0.0604. The van der Waals surface area contributed by atoms with E-state index in [2.05, 4.69) is 29.4 Å². The van der Waals surface area contributed by atoms with E-state index in [4.69, 9.17) is 0 Å². The highest BCUT2D eigenvalue weighted by atomic mass is 32.2. The van der Waals surface area contributed by atoms with E-state index in [9.17, 15) is 4.79 Å². The molecule has 0 saturated heterocycles. The molecule has 5 nitrogen and oxygen atoms in total. The van der Waals surface area contributed by atoms with Crippen LogP contribution in [0.4, 0.5) is 0 Å². The maximum absolute atomic E-state index is 11.5. The lowest BCUT2D eigenvalue weighted by Gasteiger charge is -2.11. The molecule has 17 heavy (non-hydrogen) atoms. The van der Waals surface area contributed by atoms with Crippen molar-refractivity contribution in [2.24, 2.45) is 0 Å². The fraction of sp³-hybridized carbons (Fsp3) is 0.818. The average Bonchev–Trinajstić information content (AvgIpc) is 3.05. The van der Waals surface area contributed by atoms with Crippen LogP contribution >= 0.6 is 11.8 Å². The number of hydrogen-bond acceptors (Lipinski definition) is 4. The van der Waals surface area contributed by atoms with Crippen LogP contribution in [0, 0.1) is 0 Å². The van der Waals surface area contributed by atoms with Gasteiger partial charge in [-0.15, -0.1) is 5.10 Å². The number of aromatic amines is 1. The number of nitrogens with zero attached hydrogens (tertiary/aromatic N) is 2. The van der Waals surface area contributed by atoms with Gasteiger partial charge < -0.3 is 5.32 Å². The van der Waals surface area contributed by atoms with Crippen LogP contribution in [-0.4, -0.2) is 33.1 Å². The van der Waals surface area contributed by atoms with Crippen molar-refractivity contribution in [3.05, 3.63) is 10.5 Å². The van der Waals surface area contributed by atoms with Crippen LogP contribution < -0.4 is 11.0 Å². The topological polar surface area (TPSA) is 62.7 Å². The van der Waals surface area contributed by atoms with Gasteiger partial charge >= 0.3 is 5.69 Å². The number of nitrogens with one attached hydrogen (secondary N) is 2. The molecule has 1 atom stereocenters. The van der Waals surface area contributed by atoms with Crippen molar-refractivity contribution in [1.29, 1.82) is 0 Å². The molecule has 0 bridgehead atoms. The zero-order valence-corrected chi connectivity index (χ0v) is 11.2. The van der Waals surface area contributed by atoms with Crippen LogP contribution in [0.3, 0.4) is 0 Å². The molecule has 1 heterocycles. The molecule has 0 aromatic carbocycles. The Morgan fingerprint density at radius 3 is 3.06 bits per heavy atom. The SMILES string of the molecule is CCNC(C)CCSc1n[nH]c(=O)n1C1CC1. The summed E-state index contributed by atoms with van der Waals surface area (Å²) >= 11 is 1.67. The van der Waals surface area contributed by atoms with E-state index >= 15 is 0 Å². The van der Waals surface area contributed by atoms with Crippen LogP contribution in [0.5, 0.6) is 0 Å².